The van der Waals surface area contributed by atoms with Gasteiger partial charge in [0.05, 0.1) is 0 Å². The van der Waals surface area contributed by atoms with Crippen LogP contribution in [-0.2, 0) is 0 Å². The third kappa shape index (κ3) is 3.04. The van der Waals surface area contributed by atoms with Gasteiger partial charge in [-0.3, -0.25) is 0 Å². The van der Waals surface area contributed by atoms with Crippen LogP contribution in [0.2, 0.25) is 0 Å². The Bertz CT molecular complexity index is 185. The summed E-state index contributed by atoms with van der Waals surface area (Å²) in [4.78, 5) is 2.31. The molecule has 1 fully saturated rings. The standard InChI is InChI=1S/C13H25N/c1-5-6-13(14(3)4)12-9-7-11(2)8-10-12/h6,11-12H,5,7-10H2,1-4H3/b13-6+. The second-order valence-corrected chi connectivity index (χ2v) is 4.89. The molecule has 0 saturated heterocycles. The first-order chi connectivity index (χ1) is 6.65. The van der Waals surface area contributed by atoms with Crippen molar-refractivity contribution in [2.45, 2.75) is 46.0 Å². The van der Waals surface area contributed by atoms with E-state index in [2.05, 4.69) is 38.9 Å². The fraction of sp³-hybridized carbons (Fsp3) is 0.846. The highest BCUT2D eigenvalue weighted by atomic mass is 15.1. The number of hydrogen-bond donors (Lipinski definition) is 0. The van der Waals surface area contributed by atoms with Gasteiger partial charge in [-0.2, -0.15) is 0 Å². The van der Waals surface area contributed by atoms with Gasteiger partial charge in [-0.15, -0.1) is 0 Å². The van der Waals surface area contributed by atoms with Crippen LogP contribution in [0.5, 0.6) is 0 Å². The maximum atomic E-state index is 2.40. The Labute approximate surface area is 89.2 Å². The molecule has 0 atom stereocenters. The monoisotopic (exact) mass is 195 g/mol. The number of allylic oxidation sites excluding steroid dienone is 2. The molecule has 1 aliphatic rings. The van der Waals surface area contributed by atoms with Gasteiger partial charge in [0.25, 0.3) is 0 Å². The molecular weight excluding hydrogens is 170 g/mol. The lowest BCUT2D eigenvalue weighted by molar-refractivity contribution is 0.280. The summed E-state index contributed by atoms with van der Waals surface area (Å²) in [6.45, 7) is 4.62. The van der Waals surface area contributed by atoms with Crippen LogP contribution in [0.4, 0.5) is 0 Å². The molecule has 0 N–H and O–H groups in total. The SMILES string of the molecule is CC/C=C(\C1CCC(C)CC1)N(C)C. The first kappa shape index (κ1) is 11.6. The fourth-order valence-electron chi connectivity index (χ4n) is 2.48. The maximum Gasteiger partial charge on any atom is 0.0118 e. The zero-order chi connectivity index (χ0) is 10.6. The third-order valence-corrected chi connectivity index (χ3v) is 3.36. The summed E-state index contributed by atoms with van der Waals surface area (Å²) in [5.74, 6) is 1.79. The zero-order valence-corrected chi connectivity index (χ0v) is 10.2. The van der Waals surface area contributed by atoms with E-state index in [1.165, 1.54) is 32.1 Å². The van der Waals surface area contributed by atoms with Gasteiger partial charge in [0.1, 0.15) is 0 Å². The molecule has 0 aromatic heterocycles. The predicted molar refractivity (Wildman–Crippen MR) is 63.2 cm³/mol. The molecule has 0 aromatic carbocycles. The molecule has 1 saturated carbocycles. The summed E-state index contributed by atoms with van der Waals surface area (Å²) in [6, 6.07) is 0. The third-order valence-electron chi connectivity index (χ3n) is 3.36. The van der Waals surface area contributed by atoms with E-state index in [1.54, 1.807) is 5.70 Å². The maximum absolute atomic E-state index is 2.40. The summed E-state index contributed by atoms with van der Waals surface area (Å²) < 4.78 is 0. The highest BCUT2D eigenvalue weighted by molar-refractivity contribution is 5.05. The highest BCUT2D eigenvalue weighted by Gasteiger charge is 2.21. The van der Waals surface area contributed by atoms with E-state index in [1.807, 2.05) is 0 Å². The lowest BCUT2D eigenvalue weighted by Crippen LogP contribution is -2.23. The van der Waals surface area contributed by atoms with E-state index in [0.717, 1.165) is 11.8 Å². The first-order valence-electron chi connectivity index (χ1n) is 6.02. The summed E-state index contributed by atoms with van der Waals surface area (Å²) in [6.07, 6.45) is 9.19. The smallest absolute Gasteiger partial charge is 0.0118 e. The van der Waals surface area contributed by atoms with Crippen LogP contribution in [0.1, 0.15) is 46.0 Å². The van der Waals surface area contributed by atoms with Crippen molar-refractivity contribution < 1.29 is 0 Å². The van der Waals surface area contributed by atoms with Crippen LogP contribution >= 0.6 is 0 Å². The number of nitrogens with zero attached hydrogens (tertiary/aromatic N) is 1. The van der Waals surface area contributed by atoms with Crippen molar-refractivity contribution >= 4 is 0 Å². The highest BCUT2D eigenvalue weighted by Crippen LogP contribution is 2.33. The van der Waals surface area contributed by atoms with Crippen LogP contribution in [0.25, 0.3) is 0 Å². The average Bonchev–Trinajstić information content (AvgIpc) is 2.15. The van der Waals surface area contributed by atoms with Gasteiger partial charge in [-0.25, -0.2) is 0 Å². The molecule has 0 radical (unpaired) electrons. The van der Waals surface area contributed by atoms with E-state index in [4.69, 9.17) is 0 Å². The Morgan fingerprint density at radius 2 is 1.79 bits per heavy atom. The molecule has 0 spiro atoms. The van der Waals surface area contributed by atoms with E-state index in [0.29, 0.717) is 0 Å². The van der Waals surface area contributed by atoms with Gasteiger partial charge < -0.3 is 4.90 Å². The quantitative estimate of drug-likeness (QED) is 0.664. The second-order valence-electron chi connectivity index (χ2n) is 4.89. The minimum atomic E-state index is 0.834. The molecule has 1 heteroatoms. The topological polar surface area (TPSA) is 3.24 Å². The molecule has 14 heavy (non-hydrogen) atoms. The lowest BCUT2D eigenvalue weighted by atomic mass is 9.81. The van der Waals surface area contributed by atoms with Gasteiger partial charge >= 0.3 is 0 Å². The minimum Gasteiger partial charge on any atom is -0.381 e. The van der Waals surface area contributed by atoms with Crippen molar-refractivity contribution in [1.82, 2.24) is 4.90 Å². The minimum absolute atomic E-state index is 0.834. The van der Waals surface area contributed by atoms with Crippen LogP contribution in [0.15, 0.2) is 11.8 Å². The van der Waals surface area contributed by atoms with Gasteiger partial charge in [0.2, 0.25) is 0 Å². The number of hydrogen-bond acceptors (Lipinski definition) is 1. The van der Waals surface area contributed by atoms with Crippen molar-refractivity contribution in [3.05, 3.63) is 11.8 Å². The fourth-order valence-corrected chi connectivity index (χ4v) is 2.48. The van der Waals surface area contributed by atoms with Gasteiger partial charge in [0, 0.05) is 19.8 Å². The summed E-state index contributed by atoms with van der Waals surface area (Å²) in [5.41, 5.74) is 1.57. The number of rotatable bonds is 3. The van der Waals surface area contributed by atoms with Crippen molar-refractivity contribution in [2.24, 2.45) is 11.8 Å². The summed E-state index contributed by atoms with van der Waals surface area (Å²) >= 11 is 0. The zero-order valence-electron chi connectivity index (χ0n) is 10.2. The molecule has 1 aliphatic carbocycles. The van der Waals surface area contributed by atoms with Gasteiger partial charge in [-0.05, 0) is 31.1 Å². The average molecular weight is 195 g/mol. The molecule has 82 valence electrons. The second kappa shape index (κ2) is 5.43. The van der Waals surface area contributed by atoms with E-state index in [-0.39, 0.29) is 0 Å². The van der Waals surface area contributed by atoms with Crippen molar-refractivity contribution in [3.63, 3.8) is 0 Å². The van der Waals surface area contributed by atoms with Crippen LogP contribution in [0, 0.1) is 11.8 Å². The Kier molecular flexibility index (Phi) is 4.50. The van der Waals surface area contributed by atoms with Crippen molar-refractivity contribution in [2.75, 3.05) is 14.1 Å². The first-order valence-corrected chi connectivity index (χ1v) is 6.02. The lowest BCUT2D eigenvalue weighted by Gasteiger charge is -2.32. The molecule has 0 aromatic rings. The Balaban J connectivity index is 2.57. The molecule has 0 unspecified atom stereocenters. The molecule has 0 bridgehead atoms. The van der Waals surface area contributed by atoms with Crippen molar-refractivity contribution in [3.8, 4) is 0 Å². The molecule has 0 amide bonds. The summed E-state index contributed by atoms with van der Waals surface area (Å²) in [5, 5.41) is 0. The molecule has 0 aliphatic heterocycles. The van der Waals surface area contributed by atoms with E-state index < -0.39 is 0 Å². The van der Waals surface area contributed by atoms with Crippen LogP contribution in [0.3, 0.4) is 0 Å². The Hall–Kier alpha value is -0.460. The predicted octanol–water partition coefficient (Wildman–Crippen LogP) is 3.67. The van der Waals surface area contributed by atoms with E-state index >= 15 is 0 Å². The Morgan fingerprint density at radius 1 is 1.21 bits per heavy atom. The van der Waals surface area contributed by atoms with Gasteiger partial charge in [-0.1, -0.05) is 32.8 Å². The normalized spacial score (nSPS) is 29.0. The van der Waals surface area contributed by atoms with E-state index in [9.17, 15) is 0 Å². The van der Waals surface area contributed by atoms with Gasteiger partial charge in [0.15, 0.2) is 0 Å². The summed E-state index contributed by atoms with van der Waals surface area (Å²) in [7, 11) is 4.36. The Morgan fingerprint density at radius 3 is 2.21 bits per heavy atom. The molecular formula is C13H25N. The largest absolute Gasteiger partial charge is 0.381 e. The molecule has 0 heterocycles. The molecule has 1 rings (SSSR count). The van der Waals surface area contributed by atoms with Crippen LogP contribution in [-0.4, -0.2) is 19.0 Å². The van der Waals surface area contributed by atoms with Crippen LogP contribution < -0.4 is 0 Å². The molecule has 1 nitrogen and oxygen atoms in total. The van der Waals surface area contributed by atoms with Crippen molar-refractivity contribution in [1.29, 1.82) is 0 Å².